The Balaban J connectivity index is 1.29. The van der Waals surface area contributed by atoms with Crippen molar-refractivity contribution < 1.29 is 18.0 Å². The lowest BCUT2D eigenvalue weighted by molar-refractivity contribution is -0.140. The number of nitrogens with zero attached hydrogens (tertiary/aromatic N) is 3. The van der Waals surface area contributed by atoms with Gasteiger partial charge in [0.05, 0.1) is 23.3 Å². The largest absolute Gasteiger partial charge is 0.433 e. The summed E-state index contributed by atoms with van der Waals surface area (Å²) in [6, 6.07) is 5.72. The SMILES string of the molecule is O=C(N[C@@H]1CCC[C@H](Nc2cc(C(F)(F)F)nc3ccc(Cl)cc23)C1)c1cnn(C2CCNC2)c1. The van der Waals surface area contributed by atoms with E-state index in [9.17, 15) is 18.0 Å². The first-order chi connectivity index (χ1) is 16.8. The van der Waals surface area contributed by atoms with Crippen molar-refractivity contribution in [2.75, 3.05) is 18.4 Å². The number of aromatic nitrogens is 3. The van der Waals surface area contributed by atoms with E-state index in [1.165, 1.54) is 12.1 Å². The van der Waals surface area contributed by atoms with Crippen LogP contribution >= 0.6 is 11.6 Å². The zero-order chi connectivity index (χ0) is 24.6. The van der Waals surface area contributed by atoms with Crippen LogP contribution in [0.3, 0.4) is 0 Å². The number of alkyl halides is 3. The second-order valence-corrected chi connectivity index (χ2v) is 9.68. The maximum Gasteiger partial charge on any atom is 0.433 e. The molecule has 1 aromatic carbocycles. The van der Waals surface area contributed by atoms with Gasteiger partial charge in [0.25, 0.3) is 5.91 Å². The summed E-state index contributed by atoms with van der Waals surface area (Å²) in [5.74, 6) is -0.187. The lowest BCUT2D eigenvalue weighted by Gasteiger charge is -2.31. The summed E-state index contributed by atoms with van der Waals surface area (Å²) >= 11 is 6.11. The van der Waals surface area contributed by atoms with Gasteiger partial charge >= 0.3 is 6.18 Å². The summed E-state index contributed by atoms with van der Waals surface area (Å²) in [4.78, 5) is 16.6. The number of nitrogens with one attached hydrogen (secondary N) is 3. The minimum atomic E-state index is -4.56. The van der Waals surface area contributed by atoms with Crippen molar-refractivity contribution in [3.05, 3.63) is 52.9 Å². The third-order valence-corrected chi connectivity index (χ3v) is 6.94. The van der Waals surface area contributed by atoms with Crippen LogP contribution in [0.25, 0.3) is 10.9 Å². The predicted octanol–water partition coefficient (Wildman–Crippen LogP) is 4.79. The van der Waals surface area contributed by atoms with Gasteiger partial charge in [-0.1, -0.05) is 11.6 Å². The standard InChI is InChI=1S/C24H26ClF3N6O/c25-15-4-5-20-19(8-15)21(10-22(33-20)24(26,27)28)31-16-2-1-3-17(9-16)32-23(35)14-11-30-34(13-14)18-6-7-29-12-18/h4-5,8,10-11,13,16-18,29H,1-3,6-7,9,12H2,(H,31,33)(H,32,35)/t16-,17+,18?/m0/s1. The van der Waals surface area contributed by atoms with Gasteiger partial charge in [-0.25, -0.2) is 4.98 Å². The maximum atomic E-state index is 13.4. The molecule has 1 aliphatic heterocycles. The molecule has 2 aromatic heterocycles. The first kappa shape index (κ1) is 23.9. The number of anilines is 1. The molecule has 186 valence electrons. The van der Waals surface area contributed by atoms with Gasteiger partial charge in [-0.2, -0.15) is 18.3 Å². The van der Waals surface area contributed by atoms with E-state index in [4.69, 9.17) is 11.6 Å². The molecule has 1 saturated heterocycles. The van der Waals surface area contributed by atoms with Crippen LogP contribution in [0.5, 0.6) is 0 Å². The van der Waals surface area contributed by atoms with E-state index in [0.29, 0.717) is 28.1 Å². The van der Waals surface area contributed by atoms with Crippen molar-refractivity contribution in [2.45, 2.75) is 56.4 Å². The Morgan fingerprint density at radius 2 is 2.00 bits per heavy atom. The number of hydrogen-bond acceptors (Lipinski definition) is 5. The highest BCUT2D eigenvalue weighted by molar-refractivity contribution is 6.31. The van der Waals surface area contributed by atoms with Gasteiger partial charge in [-0.15, -0.1) is 0 Å². The molecule has 3 atom stereocenters. The lowest BCUT2D eigenvalue weighted by Crippen LogP contribution is -2.41. The Morgan fingerprint density at radius 3 is 2.77 bits per heavy atom. The summed E-state index contributed by atoms with van der Waals surface area (Å²) in [6.45, 7) is 1.77. The van der Waals surface area contributed by atoms with Crippen LogP contribution in [0.1, 0.15) is 54.2 Å². The molecule has 3 aromatic rings. The van der Waals surface area contributed by atoms with E-state index >= 15 is 0 Å². The number of pyridine rings is 1. The third kappa shape index (κ3) is 5.38. The molecule has 1 amide bonds. The summed E-state index contributed by atoms with van der Waals surface area (Å²) in [7, 11) is 0. The van der Waals surface area contributed by atoms with E-state index in [-0.39, 0.29) is 29.5 Å². The van der Waals surface area contributed by atoms with Gasteiger partial charge in [0.15, 0.2) is 0 Å². The molecule has 1 aliphatic carbocycles. The van der Waals surface area contributed by atoms with Crippen LogP contribution in [-0.4, -0.2) is 45.8 Å². The van der Waals surface area contributed by atoms with E-state index in [1.807, 2.05) is 4.68 Å². The van der Waals surface area contributed by atoms with Gasteiger partial charge in [0, 0.05) is 40.9 Å². The van der Waals surface area contributed by atoms with Crippen molar-refractivity contribution >= 4 is 34.1 Å². The summed E-state index contributed by atoms with van der Waals surface area (Å²) < 4.78 is 42.2. The van der Waals surface area contributed by atoms with Crippen LogP contribution in [0.15, 0.2) is 36.7 Å². The molecule has 2 fully saturated rings. The van der Waals surface area contributed by atoms with E-state index < -0.39 is 11.9 Å². The number of carbonyl (C=O) groups excluding carboxylic acids is 1. The molecule has 0 bridgehead atoms. The van der Waals surface area contributed by atoms with Crippen LogP contribution in [-0.2, 0) is 6.18 Å². The minimum absolute atomic E-state index is 0.0935. The topological polar surface area (TPSA) is 83.9 Å². The van der Waals surface area contributed by atoms with E-state index in [0.717, 1.165) is 44.8 Å². The van der Waals surface area contributed by atoms with Crippen LogP contribution in [0.2, 0.25) is 5.02 Å². The third-order valence-electron chi connectivity index (χ3n) is 6.70. The van der Waals surface area contributed by atoms with E-state index in [1.54, 1.807) is 18.5 Å². The zero-order valence-electron chi connectivity index (χ0n) is 18.9. The molecule has 11 heteroatoms. The molecule has 0 radical (unpaired) electrons. The van der Waals surface area contributed by atoms with Gasteiger partial charge in [0.1, 0.15) is 5.69 Å². The fraction of sp³-hybridized carbons (Fsp3) is 0.458. The Bertz CT molecular complexity index is 1220. The van der Waals surface area contributed by atoms with Gasteiger partial charge in [-0.05, 0) is 62.9 Å². The van der Waals surface area contributed by atoms with E-state index in [2.05, 4.69) is 26.0 Å². The number of rotatable bonds is 5. The maximum absolute atomic E-state index is 13.4. The molecule has 0 spiro atoms. The van der Waals surface area contributed by atoms with Crippen molar-refractivity contribution in [1.29, 1.82) is 0 Å². The first-order valence-electron chi connectivity index (χ1n) is 11.8. The van der Waals surface area contributed by atoms with Crippen LogP contribution < -0.4 is 16.0 Å². The van der Waals surface area contributed by atoms with Crippen molar-refractivity contribution in [1.82, 2.24) is 25.4 Å². The molecule has 3 N–H and O–H groups in total. The quantitative estimate of drug-likeness (QED) is 0.463. The average molecular weight is 507 g/mol. The highest BCUT2D eigenvalue weighted by Gasteiger charge is 2.34. The number of fused-ring (bicyclic) bond motifs is 1. The second-order valence-electron chi connectivity index (χ2n) is 9.25. The normalized spacial score (nSPS) is 22.9. The molecule has 1 unspecified atom stereocenters. The number of carbonyl (C=O) groups is 1. The highest BCUT2D eigenvalue weighted by Crippen LogP contribution is 2.35. The zero-order valence-corrected chi connectivity index (χ0v) is 19.7. The number of hydrogen-bond donors (Lipinski definition) is 3. The fourth-order valence-corrected chi connectivity index (χ4v) is 5.10. The molecule has 5 rings (SSSR count). The fourth-order valence-electron chi connectivity index (χ4n) is 4.92. The average Bonchev–Trinajstić information content (AvgIpc) is 3.51. The van der Waals surface area contributed by atoms with Crippen LogP contribution in [0.4, 0.5) is 18.9 Å². The van der Waals surface area contributed by atoms with Crippen molar-refractivity contribution in [3.8, 4) is 0 Å². The first-order valence-corrected chi connectivity index (χ1v) is 12.1. The highest BCUT2D eigenvalue weighted by atomic mass is 35.5. The molecular weight excluding hydrogens is 481 g/mol. The molecule has 3 heterocycles. The van der Waals surface area contributed by atoms with Gasteiger partial charge < -0.3 is 16.0 Å². The summed E-state index contributed by atoms with van der Waals surface area (Å²) in [5, 5.41) is 14.9. The predicted molar refractivity (Wildman–Crippen MR) is 128 cm³/mol. The molecule has 7 nitrogen and oxygen atoms in total. The van der Waals surface area contributed by atoms with Gasteiger partial charge in [-0.3, -0.25) is 9.48 Å². The Morgan fingerprint density at radius 1 is 1.17 bits per heavy atom. The monoisotopic (exact) mass is 506 g/mol. The van der Waals surface area contributed by atoms with Gasteiger partial charge in [0.2, 0.25) is 0 Å². The molecule has 35 heavy (non-hydrogen) atoms. The second kappa shape index (κ2) is 9.66. The molecule has 1 saturated carbocycles. The molecule has 2 aliphatic rings. The Kier molecular flexibility index (Phi) is 6.59. The lowest BCUT2D eigenvalue weighted by atomic mass is 9.90. The van der Waals surface area contributed by atoms with Crippen LogP contribution in [0, 0.1) is 0 Å². The molecular formula is C24H26ClF3N6O. The summed E-state index contributed by atoms with van der Waals surface area (Å²) in [5.41, 5.74) is 0.122. The smallest absolute Gasteiger partial charge is 0.382 e. The minimum Gasteiger partial charge on any atom is -0.382 e. The Labute approximate surface area is 205 Å². The summed E-state index contributed by atoms with van der Waals surface area (Å²) in [6.07, 6.45) is 2.79. The van der Waals surface area contributed by atoms with Crippen molar-refractivity contribution in [3.63, 3.8) is 0 Å². The number of halogens is 4. The number of amides is 1. The Hall–Kier alpha value is -2.85. The number of benzene rings is 1. The van der Waals surface area contributed by atoms with Crippen molar-refractivity contribution in [2.24, 2.45) is 0 Å².